The highest BCUT2D eigenvalue weighted by Gasteiger charge is 2.32. The summed E-state index contributed by atoms with van der Waals surface area (Å²) < 4.78 is 26.7. The molecule has 0 spiro atoms. The van der Waals surface area contributed by atoms with Crippen LogP contribution in [0.2, 0.25) is 0 Å². The third-order valence-corrected chi connectivity index (χ3v) is 5.40. The minimum Gasteiger partial charge on any atom is -0.352 e. The van der Waals surface area contributed by atoms with Gasteiger partial charge in [0.25, 0.3) is 10.0 Å². The molecule has 124 valence electrons. The highest BCUT2D eigenvalue weighted by Crippen LogP contribution is 2.24. The van der Waals surface area contributed by atoms with Crippen LogP contribution in [0.1, 0.15) is 44.6 Å². The first kappa shape index (κ1) is 16.0. The number of amidine groups is 1. The smallest absolute Gasteiger partial charge is 0.263 e. The van der Waals surface area contributed by atoms with Crippen molar-refractivity contribution in [1.29, 1.82) is 0 Å². The van der Waals surface area contributed by atoms with Gasteiger partial charge in [-0.15, -0.1) is 0 Å². The van der Waals surface area contributed by atoms with E-state index in [4.69, 9.17) is 0 Å². The average molecular weight is 335 g/mol. The molecular weight excluding hydrogens is 314 g/mol. The fourth-order valence-corrected chi connectivity index (χ4v) is 3.80. The van der Waals surface area contributed by atoms with Crippen molar-refractivity contribution in [3.05, 3.63) is 29.8 Å². The lowest BCUT2D eigenvalue weighted by molar-refractivity contribution is -0.122. The van der Waals surface area contributed by atoms with Crippen molar-refractivity contribution in [2.75, 3.05) is 0 Å². The second-order valence-corrected chi connectivity index (χ2v) is 7.67. The van der Waals surface area contributed by atoms with Crippen LogP contribution in [0.25, 0.3) is 0 Å². The Balaban J connectivity index is 1.88. The van der Waals surface area contributed by atoms with Crippen LogP contribution in [-0.4, -0.2) is 32.2 Å². The molecule has 0 bridgehead atoms. The predicted octanol–water partition coefficient (Wildman–Crippen LogP) is 1.56. The topological polar surface area (TPSA) is 87.6 Å². The SMILES string of the molecule is CCCCC(N=C1NS(=O)(=O)c2ccccc21)C(=O)NC1CC1. The number of fused-ring (bicyclic) bond motifs is 1. The highest BCUT2D eigenvalue weighted by molar-refractivity contribution is 7.90. The first-order chi connectivity index (χ1) is 11.0. The third-order valence-electron chi connectivity index (χ3n) is 4.01. The van der Waals surface area contributed by atoms with Crippen LogP contribution >= 0.6 is 0 Å². The second kappa shape index (κ2) is 6.31. The zero-order valence-corrected chi connectivity index (χ0v) is 13.9. The van der Waals surface area contributed by atoms with E-state index >= 15 is 0 Å². The van der Waals surface area contributed by atoms with E-state index in [9.17, 15) is 13.2 Å². The van der Waals surface area contributed by atoms with Gasteiger partial charge < -0.3 is 5.32 Å². The quantitative estimate of drug-likeness (QED) is 0.827. The number of nitrogens with zero attached hydrogens (tertiary/aromatic N) is 1. The van der Waals surface area contributed by atoms with Crippen molar-refractivity contribution in [2.24, 2.45) is 4.99 Å². The zero-order valence-electron chi connectivity index (χ0n) is 13.1. The van der Waals surface area contributed by atoms with E-state index in [1.165, 1.54) is 0 Å². The normalized spacial score (nSPS) is 21.5. The molecule has 0 saturated heterocycles. The van der Waals surface area contributed by atoms with Gasteiger partial charge in [0.2, 0.25) is 5.91 Å². The molecule has 1 heterocycles. The van der Waals surface area contributed by atoms with E-state index in [1.54, 1.807) is 24.3 Å². The predicted molar refractivity (Wildman–Crippen MR) is 87.8 cm³/mol. The number of benzene rings is 1. The molecule has 1 amide bonds. The monoisotopic (exact) mass is 335 g/mol. The summed E-state index contributed by atoms with van der Waals surface area (Å²) in [6.45, 7) is 2.05. The zero-order chi connectivity index (χ0) is 16.4. The Bertz CT molecular complexity index is 739. The van der Waals surface area contributed by atoms with Gasteiger partial charge in [0, 0.05) is 11.6 Å². The van der Waals surface area contributed by atoms with Crippen LogP contribution in [0.3, 0.4) is 0 Å². The third kappa shape index (κ3) is 3.55. The van der Waals surface area contributed by atoms with Gasteiger partial charge in [0.15, 0.2) is 0 Å². The summed E-state index contributed by atoms with van der Waals surface area (Å²) in [5, 5.41) is 2.96. The molecular formula is C16H21N3O3S. The van der Waals surface area contributed by atoms with Crippen LogP contribution in [0.15, 0.2) is 34.2 Å². The van der Waals surface area contributed by atoms with E-state index in [1.807, 2.05) is 0 Å². The number of carbonyl (C=O) groups is 1. The number of rotatable bonds is 6. The first-order valence-electron chi connectivity index (χ1n) is 8.01. The fourth-order valence-electron chi connectivity index (χ4n) is 2.56. The summed E-state index contributed by atoms with van der Waals surface area (Å²) in [6.07, 6.45) is 4.47. The molecule has 1 saturated carbocycles. The minimum atomic E-state index is -3.57. The number of carbonyl (C=O) groups excluding carboxylic acids is 1. The van der Waals surface area contributed by atoms with Crippen LogP contribution in [0, 0.1) is 0 Å². The summed E-state index contributed by atoms with van der Waals surface area (Å²) in [6, 6.07) is 6.41. The molecule has 6 nitrogen and oxygen atoms in total. The number of amides is 1. The molecule has 7 heteroatoms. The maximum absolute atomic E-state index is 12.4. The van der Waals surface area contributed by atoms with Gasteiger partial charge in [-0.1, -0.05) is 31.9 Å². The van der Waals surface area contributed by atoms with Gasteiger partial charge in [-0.3, -0.25) is 14.5 Å². The Morgan fingerprint density at radius 2 is 2.13 bits per heavy atom. The number of hydrogen-bond acceptors (Lipinski definition) is 4. The van der Waals surface area contributed by atoms with Crippen molar-refractivity contribution in [2.45, 2.75) is 56.0 Å². The number of nitrogens with one attached hydrogen (secondary N) is 2. The van der Waals surface area contributed by atoms with Crippen LogP contribution in [-0.2, 0) is 14.8 Å². The lowest BCUT2D eigenvalue weighted by Gasteiger charge is -2.13. The lowest BCUT2D eigenvalue weighted by Crippen LogP contribution is -2.36. The molecule has 2 aliphatic rings. The van der Waals surface area contributed by atoms with Gasteiger partial charge in [-0.25, -0.2) is 8.42 Å². The van der Waals surface area contributed by atoms with Gasteiger partial charge in [-0.2, -0.15) is 0 Å². The Kier molecular flexibility index (Phi) is 4.39. The van der Waals surface area contributed by atoms with Gasteiger partial charge in [0.05, 0.1) is 4.90 Å². The minimum absolute atomic E-state index is 0.114. The lowest BCUT2D eigenvalue weighted by atomic mass is 10.1. The Morgan fingerprint density at radius 1 is 1.39 bits per heavy atom. The van der Waals surface area contributed by atoms with Gasteiger partial charge in [0.1, 0.15) is 11.9 Å². The number of aliphatic imine (C=N–C) groups is 1. The summed E-state index contributed by atoms with van der Waals surface area (Å²) in [5.41, 5.74) is 0.535. The van der Waals surface area contributed by atoms with E-state index in [0.717, 1.165) is 25.7 Å². The van der Waals surface area contributed by atoms with Crippen molar-refractivity contribution in [1.82, 2.24) is 10.0 Å². The Labute approximate surface area is 136 Å². The number of hydrogen-bond donors (Lipinski definition) is 2. The van der Waals surface area contributed by atoms with Gasteiger partial charge in [-0.05, 0) is 31.4 Å². The molecule has 23 heavy (non-hydrogen) atoms. The molecule has 0 aromatic heterocycles. The maximum atomic E-state index is 12.4. The summed E-state index contributed by atoms with van der Waals surface area (Å²) in [5.74, 6) is 0.157. The fraction of sp³-hybridized carbons (Fsp3) is 0.500. The molecule has 1 aromatic carbocycles. The standard InChI is InChI=1S/C16H21N3O3S/c1-2-3-7-13(16(20)17-11-9-10-11)18-15-12-6-4-5-8-14(12)23(21,22)19-15/h4-6,8,11,13H,2-3,7,9-10H2,1H3,(H,17,20)(H,18,19). The van der Waals surface area contributed by atoms with Crippen molar-refractivity contribution in [3.8, 4) is 0 Å². The molecule has 2 N–H and O–H groups in total. The number of unbranched alkanes of at least 4 members (excludes halogenated alkanes) is 1. The number of sulfonamides is 1. The Hall–Kier alpha value is -1.89. The molecule has 1 aromatic rings. The van der Waals surface area contributed by atoms with Crippen molar-refractivity contribution >= 4 is 21.8 Å². The van der Waals surface area contributed by atoms with E-state index in [0.29, 0.717) is 12.0 Å². The van der Waals surface area contributed by atoms with Crippen LogP contribution in [0.5, 0.6) is 0 Å². The largest absolute Gasteiger partial charge is 0.352 e. The Morgan fingerprint density at radius 3 is 2.83 bits per heavy atom. The van der Waals surface area contributed by atoms with Crippen LogP contribution < -0.4 is 10.0 Å². The second-order valence-electron chi connectivity index (χ2n) is 6.02. The molecule has 1 fully saturated rings. The summed E-state index contributed by atoms with van der Waals surface area (Å²) in [4.78, 5) is 17.0. The van der Waals surface area contributed by atoms with Crippen molar-refractivity contribution in [3.63, 3.8) is 0 Å². The van der Waals surface area contributed by atoms with E-state index < -0.39 is 16.1 Å². The van der Waals surface area contributed by atoms with Crippen molar-refractivity contribution < 1.29 is 13.2 Å². The molecule has 1 aliphatic heterocycles. The maximum Gasteiger partial charge on any atom is 0.263 e. The van der Waals surface area contributed by atoms with Gasteiger partial charge >= 0.3 is 0 Å². The molecule has 1 atom stereocenters. The average Bonchev–Trinajstić information content (AvgIpc) is 3.29. The van der Waals surface area contributed by atoms with E-state index in [2.05, 4.69) is 22.0 Å². The van der Waals surface area contributed by atoms with E-state index in [-0.39, 0.29) is 22.7 Å². The summed E-state index contributed by atoms with van der Waals surface area (Å²) in [7, 11) is -3.57. The molecule has 1 aliphatic carbocycles. The molecule has 3 rings (SSSR count). The first-order valence-corrected chi connectivity index (χ1v) is 9.50. The van der Waals surface area contributed by atoms with Crippen LogP contribution in [0.4, 0.5) is 0 Å². The highest BCUT2D eigenvalue weighted by atomic mass is 32.2. The molecule has 0 radical (unpaired) electrons. The molecule has 1 unspecified atom stereocenters. The summed E-state index contributed by atoms with van der Waals surface area (Å²) >= 11 is 0.